The summed E-state index contributed by atoms with van der Waals surface area (Å²) in [4.78, 5) is 10.3. The molecular weight excluding hydrogens is 290 g/mol. The molecule has 2 aromatic carbocycles. The van der Waals surface area contributed by atoms with Crippen LogP contribution in [0.25, 0.3) is 0 Å². The molecule has 0 amide bonds. The van der Waals surface area contributed by atoms with Crippen LogP contribution in [0.15, 0.2) is 30.3 Å². The largest absolute Gasteiger partial charge is 0.502 e. The Morgan fingerprint density at radius 3 is 2.09 bits per heavy atom. The second-order valence-electron chi connectivity index (χ2n) is 4.48. The Labute approximate surface area is 126 Å². The Bertz CT molecular complexity index is 688. The predicted molar refractivity (Wildman–Crippen MR) is 79.1 cm³/mol. The van der Waals surface area contributed by atoms with Crippen molar-refractivity contribution in [3.05, 3.63) is 46.0 Å². The molecule has 0 saturated heterocycles. The van der Waals surface area contributed by atoms with Gasteiger partial charge < -0.3 is 19.3 Å². The fraction of sp³-hybridized carbons (Fsp3) is 0.200. The number of methoxy groups -OCH3 is 2. The van der Waals surface area contributed by atoms with Crippen molar-refractivity contribution in [3.8, 4) is 28.7 Å². The molecule has 0 spiro atoms. The van der Waals surface area contributed by atoms with Crippen molar-refractivity contribution in [1.29, 1.82) is 0 Å². The molecule has 1 N–H and O–H groups in total. The summed E-state index contributed by atoms with van der Waals surface area (Å²) in [7, 11) is 2.82. The number of aromatic hydroxyl groups is 1. The van der Waals surface area contributed by atoms with E-state index in [9.17, 15) is 15.2 Å². The molecule has 0 heterocycles. The Balaban J connectivity index is 2.35. The normalized spacial score (nSPS) is 10.1. The van der Waals surface area contributed by atoms with Crippen LogP contribution in [0.2, 0.25) is 0 Å². The Morgan fingerprint density at radius 1 is 1.05 bits per heavy atom. The number of hydrogen-bond donors (Lipinski definition) is 1. The summed E-state index contributed by atoms with van der Waals surface area (Å²) in [6, 6.07) is 7.42. The van der Waals surface area contributed by atoms with Gasteiger partial charge in [-0.05, 0) is 19.1 Å². The van der Waals surface area contributed by atoms with Gasteiger partial charge in [0.25, 0.3) is 5.69 Å². The molecule has 0 saturated carbocycles. The van der Waals surface area contributed by atoms with E-state index in [0.717, 1.165) is 0 Å². The Hall–Kier alpha value is -2.96. The zero-order valence-corrected chi connectivity index (χ0v) is 12.3. The second kappa shape index (κ2) is 6.21. The molecule has 0 radical (unpaired) electrons. The van der Waals surface area contributed by atoms with Crippen LogP contribution in [0, 0.1) is 17.0 Å². The van der Waals surface area contributed by atoms with Gasteiger partial charge in [0.15, 0.2) is 11.5 Å². The molecular formula is C15H15NO6. The van der Waals surface area contributed by atoms with Crippen molar-refractivity contribution in [2.45, 2.75) is 6.92 Å². The van der Waals surface area contributed by atoms with Crippen LogP contribution < -0.4 is 14.2 Å². The van der Waals surface area contributed by atoms with Crippen LogP contribution in [0.3, 0.4) is 0 Å². The average Bonchev–Trinajstić information content (AvgIpc) is 2.48. The van der Waals surface area contributed by atoms with Gasteiger partial charge >= 0.3 is 0 Å². The average molecular weight is 305 g/mol. The lowest BCUT2D eigenvalue weighted by atomic mass is 10.2. The number of nitro benzene ring substituents is 1. The fourth-order valence-corrected chi connectivity index (χ4v) is 1.96. The number of aryl methyl sites for hydroxylation is 1. The van der Waals surface area contributed by atoms with E-state index in [1.54, 1.807) is 13.0 Å². The van der Waals surface area contributed by atoms with Crippen LogP contribution in [0.4, 0.5) is 5.69 Å². The highest BCUT2D eigenvalue weighted by Gasteiger charge is 2.14. The van der Waals surface area contributed by atoms with Gasteiger partial charge in [-0.2, -0.15) is 0 Å². The van der Waals surface area contributed by atoms with Crippen molar-refractivity contribution >= 4 is 5.69 Å². The summed E-state index contributed by atoms with van der Waals surface area (Å²) < 4.78 is 15.7. The zero-order chi connectivity index (χ0) is 16.3. The van der Waals surface area contributed by atoms with Crippen molar-refractivity contribution in [2.75, 3.05) is 14.2 Å². The molecule has 22 heavy (non-hydrogen) atoms. The molecule has 7 nitrogen and oxygen atoms in total. The van der Waals surface area contributed by atoms with Gasteiger partial charge in [-0.15, -0.1) is 0 Å². The molecule has 0 aliphatic heterocycles. The summed E-state index contributed by atoms with van der Waals surface area (Å²) in [5.74, 6) is 1.08. The third-order valence-electron chi connectivity index (χ3n) is 3.05. The van der Waals surface area contributed by atoms with Crippen molar-refractivity contribution in [2.24, 2.45) is 0 Å². The first-order chi connectivity index (χ1) is 10.5. The Morgan fingerprint density at radius 2 is 1.64 bits per heavy atom. The molecule has 0 aliphatic rings. The third-order valence-corrected chi connectivity index (χ3v) is 3.05. The van der Waals surface area contributed by atoms with Crippen molar-refractivity contribution in [3.63, 3.8) is 0 Å². The fourth-order valence-electron chi connectivity index (χ4n) is 1.96. The van der Waals surface area contributed by atoms with Crippen LogP contribution in [-0.4, -0.2) is 24.2 Å². The highest BCUT2D eigenvalue weighted by Crippen LogP contribution is 2.41. The van der Waals surface area contributed by atoms with E-state index in [1.165, 1.54) is 38.5 Å². The molecule has 2 rings (SSSR count). The van der Waals surface area contributed by atoms with Crippen molar-refractivity contribution < 1.29 is 24.2 Å². The lowest BCUT2D eigenvalue weighted by molar-refractivity contribution is -0.385. The lowest BCUT2D eigenvalue weighted by Crippen LogP contribution is -1.94. The lowest BCUT2D eigenvalue weighted by Gasteiger charge is -2.12. The SMILES string of the molecule is COc1cc(Oc2ccc([N+](=O)[O-])c(C)c2)cc(OC)c1O. The van der Waals surface area contributed by atoms with Crippen molar-refractivity contribution in [1.82, 2.24) is 0 Å². The molecule has 0 fully saturated rings. The molecule has 2 aromatic rings. The second-order valence-corrected chi connectivity index (χ2v) is 4.48. The number of rotatable bonds is 5. The smallest absolute Gasteiger partial charge is 0.272 e. The van der Waals surface area contributed by atoms with Crippen LogP contribution in [-0.2, 0) is 0 Å². The third kappa shape index (κ3) is 3.03. The predicted octanol–water partition coefficient (Wildman–Crippen LogP) is 3.42. The van der Waals surface area contributed by atoms with Gasteiger partial charge in [0, 0.05) is 23.8 Å². The number of nitro groups is 1. The molecule has 0 unspecified atom stereocenters. The summed E-state index contributed by atoms with van der Waals surface area (Å²) in [6.07, 6.45) is 0. The maximum atomic E-state index is 10.8. The van der Waals surface area contributed by atoms with Gasteiger partial charge in [0.1, 0.15) is 11.5 Å². The number of phenols is 1. The number of nitrogens with zero attached hydrogens (tertiary/aromatic N) is 1. The first kappa shape index (κ1) is 15.4. The van der Waals surface area contributed by atoms with E-state index in [0.29, 0.717) is 17.1 Å². The van der Waals surface area contributed by atoms with Gasteiger partial charge in [0.05, 0.1) is 19.1 Å². The number of benzene rings is 2. The number of phenolic OH excluding ortho intramolecular Hbond substituents is 1. The molecule has 0 bridgehead atoms. The van der Waals surface area contributed by atoms with Gasteiger partial charge in [-0.1, -0.05) is 0 Å². The van der Waals surface area contributed by atoms with E-state index in [1.807, 2.05) is 0 Å². The van der Waals surface area contributed by atoms with Gasteiger partial charge in [-0.25, -0.2) is 0 Å². The first-order valence-corrected chi connectivity index (χ1v) is 6.34. The van der Waals surface area contributed by atoms with Crippen LogP contribution in [0.5, 0.6) is 28.7 Å². The highest BCUT2D eigenvalue weighted by molar-refractivity contribution is 5.56. The van der Waals surface area contributed by atoms with Crippen LogP contribution >= 0.6 is 0 Å². The van der Waals surface area contributed by atoms with E-state index >= 15 is 0 Å². The number of hydrogen-bond acceptors (Lipinski definition) is 6. The Kier molecular flexibility index (Phi) is 4.36. The summed E-state index contributed by atoms with van der Waals surface area (Å²) in [5.41, 5.74) is 0.508. The van der Waals surface area contributed by atoms with Gasteiger partial charge in [0.2, 0.25) is 5.75 Å². The molecule has 0 aliphatic carbocycles. The molecule has 116 valence electrons. The monoisotopic (exact) mass is 305 g/mol. The summed E-state index contributed by atoms with van der Waals surface area (Å²) >= 11 is 0. The summed E-state index contributed by atoms with van der Waals surface area (Å²) in [6.45, 7) is 1.63. The maximum Gasteiger partial charge on any atom is 0.272 e. The molecule has 7 heteroatoms. The summed E-state index contributed by atoms with van der Waals surface area (Å²) in [5, 5.41) is 20.6. The minimum absolute atomic E-state index is 0.0215. The standard InChI is InChI=1S/C15H15NO6/c1-9-6-10(4-5-12(9)16(18)19)22-11-7-13(20-2)15(17)14(8-11)21-3/h4-8,17H,1-3H3. The van der Waals surface area contributed by atoms with E-state index in [2.05, 4.69) is 0 Å². The maximum absolute atomic E-state index is 10.8. The first-order valence-electron chi connectivity index (χ1n) is 6.34. The number of ether oxygens (including phenoxy) is 3. The van der Waals surface area contributed by atoms with Crippen LogP contribution in [0.1, 0.15) is 5.56 Å². The van der Waals surface area contributed by atoms with E-state index in [-0.39, 0.29) is 22.9 Å². The minimum Gasteiger partial charge on any atom is -0.502 e. The zero-order valence-electron chi connectivity index (χ0n) is 12.3. The topological polar surface area (TPSA) is 91.1 Å². The van der Waals surface area contributed by atoms with E-state index < -0.39 is 4.92 Å². The minimum atomic E-state index is -0.453. The molecule has 0 aromatic heterocycles. The van der Waals surface area contributed by atoms with E-state index in [4.69, 9.17) is 14.2 Å². The molecule has 0 atom stereocenters. The quantitative estimate of drug-likeness (QED) is 0.672. The highest BCUT2D eigenvalue weighted by atomic mass is 16.6. The van der Waals surface area contributed by atoms with Gasteiger partial charge in [-0.3, -0.25) is 10.1 Å².